The van der Waals surface area contributed by atoms with Crippen molar-refractivity contribution in [1.82, 2.24) is 14.9 Å². The fourth-order valence-electron chi connectivity index (χ4n) is 3.41. The Hall–Kier alpha value is -1.79. The number of pyridine rings is 2. The van der Waals surface area contributed by atoms with Crippen molar-refractivity contribution in [3.05, 3.63) is 28.5 Å². The fraction of sp³-hybridized carbons (Fsp3) is 0.526. The van der Waals surface area contributed by atoms with E-state index in [-0.39, 0.29) is 18.2 Å². The predicted molar refractivity (Wildman–Crippen MR) is 109 cm³/mol. The van der Waals surface area contributed by atoms with Crippen molar-refractivity contribution in [2.24, 2.45) is 0 Å². The van der Waals surface area contributed by atoms with Gasteiger partial charge >= 0.3 is 6.09 Å². The maximum Gasteiger partial charge on any atom is 0.410 e. The Labute approximate surface area is 169 Å². The molecule has 0 aliphatic carbocycles. The average molecular weight is 411 g/mol. The molecule has 2 aromatic heterocycles. The van der Waals surface area contributed by atoms with Crippen molar-refractivity contribution < 1.29 is 9.53 Å². The summed E-state index contributed by atoms with van der Waals surface area (Å²) in [6, 6.07) is 3.58. The van der Waals surface area contributed by atoms with Crippen LogP contribution < -0.4 is 4.90 Å². The summed E-state index contributed by atoms with van der Waals surface area (Å²) >= 11 is 12.3. The van der Waals surface area contributed by atoms with Crippen LogP contribution in [0.2, 0.25) is 10.2 Å². The maximum atomic E-state index is 12.6. The van der Waals surface area contributed by atoms with E-state index >= 15 is 0 Å². The first-order valence-corrected chi connectivity index (χ1v) is 9.69. The van der Waals surface area contributed by atoms with Crippen molar-refractivity contribution >= 4 is 46.0 Å². The smallest absolute Gasteiger partial charge is 0.410 e. The van der Waals surface area contributed by atoms with Gasteiger partial charge in [-0.15, -0.1) is 0 Å². The molecule has 6 nitrogen and oxygen atoms in total. The summed E-state index contributed by atoms with van der Waals surface area (Å²) in [5.74, 6) is 0. The Kier molecular flexibility index (Phi) is 5.41. The van der Waals surface area contributed by atoms with E-state index in [9.17, 15) is 4.79 Å². The van der Waals surface area contributed by atoms with Crippen molar-refractivity contribution in [1.29, 1.82) is 0 Å². The van der Waals surface area contributed by atoms with E-state index in [0.717, 1.165) is 11.1 Å². The SMILES string of the molecule is C[C@@H]1CN(c2cnc3nc(Cl)cc(Cl)c3c2)C[C@@H](C)N1C(=O)OC(C)(C)C. The molecule has 1 aliphatic rings. The summed E-state index contributed by atoms with van der Waals surface area (Å²) in [5, 5.41) is 1.60. The molecule has 1 saturated heterocycles. The fourth-order valence-corrected chi connectivity index (χ4v) is 3.90. The number of anilines is 1. The Morgan fingerprint density at radius 3 is 2.41 bits per heavy atom. The van der Waals surface area contributed by atoms with Crippen LogP contribution in [-0.2, 0) is 4.74 Å². The Morgan fingerprint density at radius 2 is 1.81 bits per heavy atom. The lowest BCUT2D eigenvalue weighted by Crippen LogP contribution is -2.59. The number of nitrogens with zero attached hydrogens (tertiary/aromatic N) is 4. The highest BCUT2D eigenvalue weighted by Gasteiger charge is 2.35. The quantitative estimate of drug-likeness (QED) is 0.633. The first kappa shape index (κ1) is 20.0. The summed E-state index contributed by atoms with van der Waals surface area (Å²) < 4.78 is 5.56. The highest BCUT2D eigenvalue weighted by Crippen LogP contribution is 2.29. The second kappa shape index (κ2) is 7.32. The topological polar surface area (TPSA) is 58.6 Å². The molecule has 3 heterocycles. The van der Waals surface area contributed by atoms with E-state index in [2.05, 4.69) is 14.9 Å². The molecule has 0 unspecified atom stereocenters. The van der Waals surface area contributed by atoms with Crippen molar-refractivity contribution in [3.63, 3.8) is 0 Å². The van der Waals surface area contributed by atoms with E-state index in [4.69, 9.17) is 27.9 Å². The second-order valence-electron chi connectivity index (χ2n) is 7.98. The maximum absolute atomic E-state index is 12.6. The molecule has 0 bridgehead atoms. The number of halogens is 2. The third kappa shape index (κ3) is 4.38. The number of fused-ring (bicyclic) bond motifs is 1. The third-order valence-corrected chi connectivity index (χ3v) is 4.96. The largest absolute Gasteiger partial charge is 0.444 e. The van der Waals surface area contributed by atoms with Gasteiger partial charge < -0.3 is 9.64 Å². The van der Waals surface area contributed by atoms with Gasteiger partial charge in [-0.25, -0.2) is 14.8 Å². The molecule has 27 heavy (non-hydrogen) atoms. The molecule has 1 aliphatic heterocycles. The zero-order valence-corrected chi connectivity index (χ0v) is 17.7. The van der Waals surface area contributed by atoms with E-state index in [0.29, 0.717) is 28.9 Å². The molecule has 0 N–H and O–H groups in total. The molecule has 3 rings (SSSR count). The van der Waals surface area contributed by atoms with Crippen LogP contribution >= 0.6 is 23.2 Å². The number of carbonyl (C=O) groups is 1. The second-order valence-corrected chi connectivity index (χ2v) is 8.78. The minimum absolute atomic E-state index is 0.00175. The number of hydrogen-bond donors (Lipinski definition) is 0. The lowest BCUT2D eigenvalue weighted by atomic mass is 10.1. The minimum Gasteiger partial charge on any atom is -0.444 e. The normalized spacial score (nSPS) is 20.9. The van der Waals surface area contributed by atoms with Crippen LogP contribution in [0.25, 0.3) is 11.0 Å². The lowest BCUT2D eigenvalue weighted by Gasteiger charge is -2.45. The Morgan fingerprint density at radius 1 is 1.19 bits per heavy atom. The van der Waals surface area contributed by atoms with Gasteiger partial charge in [-0.1, -0.05) is 23.2 Å². The van der Waals surface area contributed by atoms with Gasteiger partial charge in [0.05, 0.1) is 29.0 Å². The molecule has 0 saturated carbocycles. The zero-order chi connectivity index (χ0) is 19.9. The number of hydrogen-bond acceptors (Lipinski definition) is 5. The van der Waals surface area contributed by atoms with Crippen LogP contribution in [0.5, 0.6) is 0 Å². The molecule has 0 spiro atoms. The predicted octanol–water partition coefficient (Wildman–Crippen LogP) is 4.77. The third-order valence-electron chi connectivity index (χ3n) is 4.46. The van der Waals surface area contributed by atoms with Crippen LogP contribution in [0.1, 0.15) is 34.6 Å². The average Bonchev–Trinajstić information content (AvgIpc) is 2.52. The lowest BCUT2D eigenvalue weighted by molar-refractivity contribution is 0.00566. The summed E-state index contributed by atoms with van der Waals surface area (Å²) in [7, 11) is 0. The van der Waals surface area contributed by atoms with Gasteiger partial charge in [0.2, 0.25) is 0 Å². The number of piperazine rings is 1. The van der Waals surface area contributed by atoms with Gasteiger partial charge in [0.15, 0.2) is 5.65 Å². The number of ether oxygens (including phenoxy) is 1. The number of amides is 1. The van der Waals surface area contributed by atoms with E-state index in [1.165, 1.54) is 0 Å². The number of rotatable bonds is 1. The molecule has 2 atom stereocenters. The summed E-state index contributed by atoms with van der Waals surface area (Å²) in [6.45, 7) is 11.0. The molecule has 0 aromatic carbocycles. The summed E-state index contributed by atoms with van der Waals surface area (Å²) in [4.78, 5) is 25.2. The van der Waals surface area contributed by atoms with Gasteiger partial charge in [0.25, 0.3) is 0 Å². The van der Waals surface area contributed by atoms with E-state index in [1.54, 1.807) is 12.3 Å². The minimum atomic E-state index is -0.513. The summed E-state index contributed by atoms with van der Waals surface area (Å²) in [5.41, 5.74) is 0.946. The Balaban J connectivity index is 1.82. The van der Waals surface area contributed by atoms with Gasteiger partial charge in [0, 0.05) is 18.5 Å². The van der Waals surface area contributed by atoms with Crippen LogP contribution in [0.3, 0.4) is 0 Å². The highest BCUT2D eigenvalue weighted by atomic mass is 35.5. The molecular weight excluding hydrogens is 387 g/mol. The molecule has 0 radical (unpaired) electrons. The van der Waals surface area contributed by atoms with Crippen molar-refractivity contribution in [2.75, 3.05) is 18.0 Å². The number of aromatic nitrogens is 2. The van der Waals surface area contributed by atoms with Crippen LogP contribution in [0.4, 0.5) is 10.5 Å². The molecule has 2 aromatic rings. The molecule has 146 valence electrons. The van der Waals surface area contributed by atoms with Crippen LogP contribution in [-0.4, -0.2) is 51.7 Å². The van der Waals surface area contributed by atoms with Crippen molar-refractivity contribution in [3.8, 4) is 0 Å². The highest BCUT2D eigenvalue weighted by molar-refractivity contribution is 6.37. The zero-order valence-electron chi connectivity index (χ0n) is 16.2. The summed E-state index contributed by atoms with van der Waals surface area (Å²) in [6.07, 6.45) is 1.49. The van der Waals surface area contributed by atoms with E-state index < -0.39 is 5.60 Å². The number of carbonyl (C=O) groups excluding carboxylic acids is 1. The first-order chi connectivity index (χ1) is 12.5. The Bertz CT molecular complexity index is 857. The molecular formula is C19H24Cl2N4O2. The molecule has 8 heteroatoms. The molecule has 1 amide bonds. The van der Waals surface area contributed by atoms with Gasteiger partial charge in [-0.05, 0) is 46.8 Å². The first-order valence-electron chi connectivity index (χ1n) is 8.93. The van der Waals surface area contributed by atoms with Crippen LogP contribution in [0.15, 0.2) is 18.3 Å². The monoisotopic (exact) mass is 410 g/mol. The van der Waals surface area contributed by atoms with Gasteiger partial charge in [-0.2, -0.15) is 0 Å². The molecule has 1 fully saturated rings. The van der Waals surface area contributed by atoms with Crippen molar-refractivity contribution in [2.45, 2.75) is 52.3 Å². The van der Waals surface area contributed by atoms with Gasteiger partial charge in [0.1, 0.15) is 10.8 Å². The van der Waals surface area contributed by atoms with E-state index in [1.807, 2.05) is 45.6 Å². The van der Waals surface area contributed by atoms with Gasteiger partial charge in [-0.3, -0.25) is 4.90 Å². The van der Waals surface area contributed by atoms with Crippen LogP contribution in [0, 0.1) is 0 Å². The standard InChI is InChI=1S/C19H24Cl2N4O2/c1-11-9-24(10-12(2)25(11)18(26)27-19(3,4)5)13-6-14-15(20)7-16(21)23-17(14)22-8-13/h6-8,11-12H,9-10H2,1-5H3/t11-,12-/m1/s1.